The van der Waals surface area contributed by atoms with E-state index in [-0.39, 0.29) is 18.4 Å². The molecule has 1 unspecified atom stereocenters. The third kappa shape index (κ3) is 5.13. The third-order valence-corrected chi connectivity index (χ3v) is 6.87. The number of benzene rings is 1. The molecule has 0 amide bonds. The first kappa shape index (κ1) is 21.9. The van der Waals surface area contributed by atoms with Gasteiger partial charge in [0.25, 0.3) is 0 Å². The largest absolute Gasteiger partial charge is 0.463 e. The summed E-state index contributed by atoms with van der Waals surface area (Å²) in [5.41, 5.74) is 0.0419. The van der Waals surface area contributed by atoms with Gasteiger partial charge in [0.2, 0.25) is 0 Å². The molecule has 1 aromatic carbocycles. The van der Waals surface area contributed by atoms with E-state index in [1.807, 2.05) is 36.4 Å². The van der Waals surface area contributed by atoms with Crippen LogP contribution in [0.3, 0.4) is 0 Å². The maximum absolute atomic E-state index is 13.2. The number of likely N-dealkylation sites (tertiary alicyclic amines) is 1. The fraction of sp³-hybridized carbons (Fsp3) is 0.560. The van der Waals surface area contributed by atoms with Gasteiger partial charge in [-0.05, 0) is 56.8 Å². The van der Waals surface area contributed by atoms with E-state index in [1.54, 1.807) is 12.5 Å². The highest BCUT2D eigenvalue weighted by Gasteiger charge is 2.47. The van der Waals surface area contributed by atoms with Gasteiger partial charge in [0.1, 0.15) is 6.33 Å². The average molecular weight is 424 g/mol. The molecule has 6 heteroatoms. The minimum atomic E-state index is -1.57. The van der Waals surface area contributed by atoms with Crippen LogP contribution in [0.1, 0.15) is 62.1 Å². The van der Waals surface area contributed by atoms with Gasteiger partial charge in [-0.3, -0.25) is 0 Å². The van der Waals surface area contributed by atoms with Gasteiger partial charge < -0.3 is 14.7 Å². The third-order valence-electron chi connectivity index (χ3n) is 6.87. The Labute approximate surface area is 184 Å². The minimum Gasteiger partial charge on any atom is -0.463 e. The van der Waals surface area contributed by atoms with E-state index in [0.29, 0.717) is 12.0 Å². The topological polar surface area (TPSA) is 75.5 Å². The fourth-order valence-corrected chi connectivity index (χ4v) is 5.11. The highest BCUT2D eigenvalue weighted by molar-refractivity contribution is 5.81. The van der Waals surface area contributed by atoms with Crippen LogP contribution in [0.2, 0.25) is 0 Å². The van der Waals surface area contributed by atoms with Gasteiger partial charge in [-0.2, -0.15) is 0 Å². The second kappa shape index (κ2) is 10.3. The van der Waals surface area contributed by atoms with Crippen molar-refractivity contribution in [1.82, 2.24) is 14.9 Å². The lowest BCUT2D eigenvalue weighted by atomic mass is 9.80. The van der Waals surface area contributed by atoms with E-state index >= 15 is 0 Å². The monoisotopic (exact) mass is 423 g/mol. The summed E-state index contributed by atoms with van der Waals surface area (Å²) in [7, 11) is 0. The number of nitrogens with zero attached hydrogens (tertiary/aromatic N) is 3. The Morgan fingerprint density at radius 3 is 2.55 bits per heavy atom. The molecule has 2 heterocycles. The zero-order valence-corrected chi connectivity index (χ0v) is 18.2. The van der Waals surface area contributed by atoms with Gasteiger partial charge in [0, 0.05) is 30.3 Å². The molecule has 0 bridgehead atoms. The molecule has 2 fully saturated rings. The number of aromatic nitrogens is 2. The Hall–Kier alpha value is -2.31. The zero-order valence-electron chi connectivity index (χ0n) is 18.2. The Balaban J connectivity index is 1.43. The molecule has 4 rings (SSSR count). The predicted octanol–water partition coefficient (Wildman–Crippen LogP) is 3.67. The molecule has 1 saturated carbocycles. The molecule has 1 aliphatic carbocycles. The van der Waals surface area contributed by atoms with E-state index in [1.165, 1.54) is 12.8 Å². The van der Waals surface area contributed by atoms with Gasteiger partial charge in [-0.25, -0.2) is 14.8 Å². The molecule has 166 valence electrons. The van der Waals surface area contributed by atoms with Gasteiger partial charge >= 0.3 is 5.97 Å². The Morgan fingerprint density at radius 1 is 1.13 bits per heavy atom. The van der Waals surface area contributed by atoms with Crippen molar-refractivity contribution >= 4 is 5.97 Å². The van der Waals surface area contributed by atoms with Crippen molar-refractivity contribution in [3.05, 3.63) is 60.2 Å². The smallest absolute Gasteiger partial charge is 0.343 e. The summed E-state index contributed by atoms with van der Waals surface area (Å²) >= 11 is 0. The second-order valence-corrected chi connectivity index (χ2v) is 8.88. The van der Waals surface area contributed by atoms with Crippen molar-refractivity contribution in [3.63, 3.8) is 0 Å². The lowest BCUT2D eigenvalue weighted by molar-refractivity contribution is -0.174. The molecule has 2 aliphatic rings. The first-order chi connectivity index (χ1) is 15.2. The fourth-order valence-electron chi connectivity index (χ4n) is 5.11. The van der Waals surface area contributed by atoms with Crippen molar-refractivity contribution < 1.29 is 14.6 Å². The standard InChI is InChI=1S/C25H33N3O3/c29-24(25(30,22-10-4-5-11-22)21-8-2-1-3-9-21)31-17-13-20(18-28-15-6-7-16-28)23-12-14-26-19-27-23/h1-3,8-9,12,14,19-20,22,30H,4-7,10-11,13,15-18H2/t20-,25?/m0/s1. The van der Waals surface area contributed by atoms with Crippen LogP contribution in [0.15, 0.2) is 48.9 Å². The summed E-state index contributed by atoms with van der Waals surface area (Å²) in [6, 6.07) is 11.2. The Kier molecular flexibility index (Phi) is 7.30. The van der Waals surface area contributed by atoms with E-state index in [0.717, 1.165) is 51.0 Å². The van der Waals surface area contributed by atoms with Crippen LogP contribution in [0.4, 0.5) is 0 Å². The van der Waals surface area contributed by atoms with Gasteiger partial charge in [-0.1, -0.05) is 43.2 Å². The summed E-state index contributed by atoms with van der Waals surface area (Å²) in [6.45, 7) is 3.39. The lowest BCUT2D eigenvalue weighted by Crippen LogP contribution is -2.43. The summed E-state index contributed by atoms with van der Waals surface area (Å²) in [5, 5.41) is 11.6. The van der Waals surface area contributed by atoms with Crippen molar-refractivity contribution in [2.45, 2.75) is 56.5 Å². The second-order valence-electron chi connectivity index (χ2n) is 8.88. The van der Waals surface area contributed by atoms with Gasteiger partial charge in [0.05, 0.1) is 6.61 Å². The molecule has 31 heavy (non-hydrogen) atoms. The molecular weight excluding hydrogens is 390 g/mol. The van der Waals surface area contributed by atoms with E-state index in [2.05, 4.69) is 14.9 Å². The maximum Gasteiger partial charge on any atom is 0.343 e. The normalized spacial score (nSPS) is 20.4. The van der Waals surface area contributed by atoms with Crippen LogP contribution >= 0.6 is 0 Å². The molecule has 1 N–H and O–H groups in total. The number of hydrogen-bond acceptors (Lipinski definition) is 6. The molecule has 1 saturated heterocycles. The number of aliphatic hydroxyl groups is 1. The van der Waals surface area contributed by atoms with Crippen molar-refractivity contribution in [3.8, 4) is 0 Å². The molecule has 0 radical (unpaired) electrons. The summed E-state index contributed by atoms with van der Waals surface area (Å²) in [4.78, 5) is 24.1. The predicted molar refractivity (Wildman–Crippen MR) is 118 cm³/mol. The van der Waals surface area contributed by atoms with Gasteiger partial charge in [0.15, 0.2) is 5.60 Å². The number of carbonyl (C=O) groups excluding carboxylic acids is 1. The van der Waals surface area contributed by atoms with E-state index < -0.39 is 11.6 Å². The maximum atomic E-state index is 13.2. The van der Waals surface area contributed by atoms with Crippen LogP contribution in [0.25, 0.3) is 0 Å². The van der Waals surface area contributed by atoms with Crippen molar-refractivity contribution in [2.24, 2.45) is 5.92 Å². The highest BCUT2D eigenvalue weighted by atomic mass is 16.5. The average Bonchev–Trinajstić information content (AvgIpc) is 3.54. The number of carbonyl (C=O) groups is 1. The first-order valence-corrected chi connectivity index (χ1v) is 11.6. The molecule has 1 aromatic heterocycles. The van der Waals surface area contributed by atoms with Crippen LogP contribution in [0.5, 0.6) is 0 Å². The molecule has 1 aliphatic heterocycles. The molecule has 0 spiro atoms. The van der Waals surface area contributed by atoms with Crippen LogP contribution in [0, 0.1) is 5.92 Å². The van der Waals surface area contributed by atoms with Crippen molar-refractivity contribution in [1.29, 1.82) is 0 Å². The number of rotatable bonds is 9. The summed E-state index contributed by atoms with van der Waals surface area (Å²) < 4.78 is 5.74. The Bertz CT molecular complexity index is 820. The SMILES string of the molecule is O=C(OCC[C@@H](CN1CCCC1)c1ccncn1)C(O)(c1ccccc1)C1CCCC1. The molecule has 2 aromatic rings. The number of ether oxygens (including phenoxy) is 1. The lowest BCUT2D eigenvalue weighted by Gasteiger charge is -2.32. The van der Waals surface area contributed by atoms with E-state index in [9.17, 15) is 9.90 Å². The van der Waals surface area contributed by atoms with E-state index in [4.69, 9.17) is 4.74 Å². The first-order valence-electron chi connectivity index (χ1n) is 11.6. The highest BCUT2D eigenvalue weighted by Crippen LogP contribution is 2.41. The summed E-state index contributed by atoms with van der Waals surface area (Å²) in [5.74, 6) is -0.442. The molecule has 6 nitrogen and oxygen atoms in total. The quantitative estimate of drug-likeness (QED) is 0.620. The molecule has 2 atom stereocenters. The van der Waals surface area contributed by atoms with Crippen LogP contribution in [-0.2, 0) is 15.1 Å². The van der Waals surface area contributed by atoms with Crippen molar-refractivity contribution in [2.75, 3.05) is 26.2 Å². The Morgan fingerprint density at radius 2 is 1.87 bits per heavy atom. The number of hydrogen-bond donors (Lipinski definition) is 1. The van der Waals surface area contributed by atoms with Gasteiger partial charge in [-0.15, -0.1) is 0 Å². The summed E-state index contributed by atoms with van der Waals surface area (Å²) in [6.07, 6.45) is 10.3. The number of esters is 1. The minimum absolute atomic E-state index is 0.0929. The van der Waals surface area contributed by atoms with Crippen LogP contribution < -0.4 is 0 Å². The molecular formula is C25H33N3O3. The zero-order chi connectivity index (χ0) is 21.5. The van der Waals surface area contributed by atoms with Crippen LogP contribution in [-0.4, -0.2) is 52.2 Å².